The molecule has 2 heteroatoms. The summed E-state index contributed by atoms with van der Waals surface area (Å²) in [5, 5.41) is 1.08. The zero-order valence-electron chi connectivity index (χ0n) is 6.76. The maximum Gasteiger partial charge on any atom is 0.0609 e. The molecule has 0 aromatic rings. The third-order valence-electron chi connectivity index (χ3n) is 2.11. The van der Waals surface area contributed by atoms with E-state index in [2.05, 4.69) is 22.5 Å². The first-order valence-corrected chi connectivity index (χ1v) is 5.27. The topological polar surface area (TPSA) is 9.23 Å². The second-order valence-electron chi connectivity index (χ2n) is 3.08. The summed E-state index contributed by atoms with van der Waals surface area (Å²) in [4.78, 5) is 0. The normalized spacial score (nSPS) is 31.7. The van der Waals surface area contributed by atoms with Crippen molar-refractivity contribution in [3.8, 4) is 0 Å². The summed E-state index contributed by atoms with van der Waals surface area (Å²) in [7, 11) is 0. The molecule has 1 aliphatic heterocycles. The van der Waals surface area contributed by atoms with Crippen molar-refractivity contribution in [1.29, 1.82) is 0 Å². The van der Waals surface area contributed by atoms with Crippen LogP contribution in [0.5, 0.6) is 0 Å². The van der Waals surface area contributed by atoms with Crippen molar-refractivity contribution < 1.29 is 4.74 Å². The minimum absolute atomic E-state index is 0.447. The Bertz CT molecular complexity index is 117. The summed E-state index contributed by atoms with van der Waals surface area (Å²) in [5.41, 5.74) is 0. The molecule has 0 N–H and O–H groups in total. The Labute approximate surface area is 76.9 Å². The molecule has 64 valence electrons. The van der Waals surface area contributed by atoms with E-state index in [0.29, 0.717) is 6.10 Å². The van der Waals surface area contributed by atoms with Gasteiger partial charge in [-0.25, -0.2) is 0 Å². The van der Waals surface area contributed by atoms with Crippen LogP contribution in [0.25, 0.3) is 0 Å². The van der Waals surface area contributed by atoms with Crippen molar-refractivity contribution in [1.82, 2.24) is 0 Å². The summed E-state index contributed by atoms with van der Waals surface area (Å²) in [6.45, 7) is 4.63. The summed E-state index contributed by atoms with van der Waals surface area (Å²) in [6, 6.07) is 0. The largest absolute Gasteiger partial charge is 0.378 e. The van der Waals surface area contributed by atoms with Gasteiger partial charge in [0.25, 0.3) is 0 Å². The standard InChI is InChI=1S/C9H15BrO/c1-2-3-9-5-4-8(6-10)7-11-9/h2,8-9H,1,3-7H2/t8-,9+/m0/s1. The van der Waals surface area contributed by atoms with Crippen molar-refractivity contribution in [2.24, 2.45) is 5.92 Å². The van der Waals surface area contributed by atoms with Gasteiger partial charge in [0.2, 0.25) is 0 Å². The zero-order valence-corrected chi connectivity index (χ0v) is 8.35. The van der Waals surface area contributed by atoms with E-state index in [9.17, 15) is 0 Å². The molecule has 0 amide bonds. The predicted octanol–water partition coefficient (Wildman–Crippen LogP) is 2.75. The molecule has 0 radical (unpaired) electrons. The number of hydrogen-bond acceptors (Lipinski definition) is 1. The molecule has 1 nitrogen and oxygen atoms in total. The lowest BCUT2D eigenvalue weighted by molar-refractivity contribution is -0.00709. The number of halogens is 1. The fourth-order valence-corrected chi connectivity index (χ4v) is 1.86. The Hall–Kier alpha value is 0.180. The van der Waals surface area contributed by atoms with Gasteiger partial charge in [-0.3, -0.25) is 0 Å². The molecule has 11 heavy (non-hydrogen) atoms. The second-order valence-corrected chi connectivity index (χ2v) is 3.72. The first-order chi connectivity index (χ1) is 5.36. The predicted molar refractivity (Wildman–Crippen MR) is 51.1 cm³/mol. The van der Waals surface area contributed by atoms with Crippen molar-refractivity contribution in [2.45, 2.75) is 25.4 Å². The molecule has 2 atom stereocenters. The van der Waals surface area contributed by atoms with Crippen LogP contribution >= 0.6 is 15.9 Å². The van der Waals surface area contributed by atoms with E-state index in [1.807, 2.05) is 6.08 Å². The second kappa shape index (κ2) is 4.94. The average Bonchev–Trinajstić information content (AvgIpc) is 2.07. The van der Waals surface area contributed by atoms with Crippen LogP contribution < -0.4 is 0 Å². The van der Waals surface area contributed by atoms with Crippen LogP contribution in [-0.4, -0.2) is 18.0 Å². The minimum atomic E-state index is 0.447. The van der Waals surface area contributed by atoms with Gasteiger partial charge in [-0.05, 0) is 25.2 Å². The molecule has 0 bridgehead atoms. The first-order valence-electron chi connectivity index (χ1n) is 4.15. The quantitative estimate of drug-likeness (QED) is 0.523. The molecule has 1 fully saturated rings. The van der Waals surface area contributed by atoms with Crippen LogP contribution in [0.1, 0.15) is 19.3 Å². The first kappa shape index (κ1) is 9.27. The van der Waals surface area contributed by atoms with E-state index in [1.165, 1.54) is 12.8 Å². The number of ether oxygens (including phenoxy) is 1. The van der Waals surface area contributed by atoms with Crippen LogP contribution in [0.2, 0.25) is 0 Å². The Balaban J connectivity index is 2.18. The maximum atomic E-state index is 5.62. The van der Waals surface area contributed by atoms with Crippen molar-refractivity contribution in [3.05, 3.63) is 12.7 Å². The SMILES string of the molecule is C=CC[C@@H]1CC[C@@H](CBr)CO1. The minimum Gasteiger partial charge on any atom is -0.378 e. The van der Waals surface area contributed by atoms with Gasteiger partial charge in [0, 0.05) is 5.33 Å². The fourth-order valence-electron chi connectivity index (χ4n) is 1.35. The fraction of sp³-hybridized carbons (Fsp3) is 0.778. The Morgan fingerprint density at radius 3 is 2.82 bits per heavy atom. The molecule has 0 aromatic carbocycles. The van der Waals surface area contributed by atoms with Crippen LogP contribution in [-0.2, 0) is 4.74 Å². The summed E-state index contributed by atoms with van der Waals surface area (Å²) in [6.07, 6.45) is 5.89. The van der Waals surface area contributed by atoms with Crippen LogP contribution in [0.3, 0.4) is 0 Å². The smallest absolute Gasteiger partial charge is 0.0609 e. The molecule has 1 heterocycles. The van der Waals surface area contributed by atoms with Gasteiger partial charge in [0.1, 0.15) is 0 Å². The van der Waals surface area contributed by atoms with E-state index < -0.39 is 0 Å². The summed E-state index contributed by atoms with van der Waals surface area (Å²) in [5.74, 6) is 0.732. The third-order valence-corrected chi connectivity index (χ3v) is 3.03. The third kappa shape index (κ3) is 2.96. The molecule has 1 rings (SSSR count). The lowest BCUT2D eigenvalue weighted by Gasteiger charge is -2.27. The lowest BCUT2D eigenvalue weighted by atomic mass is 9.99. The van der Waals surface area contributed by atoms with Crippen molar-refractivity contribution in [2.75, 3.05) is 11.9 Å². The maximum absolute atomic E-state index is 5.62. The van der Waals surface area contributed by atoms with E-state index in [4.69, 9.17) is 4.74 Å². The van der Waals surface area contributed by atoms with Gasteiger partial charge < -0.3 is 4.74 Å². The van der Waals surface area contributed by atoms with Gasteiger partial charge in [-0.15, -0.1) is 6.58 Å². The van der Waals surface area contributed by atoms with Crippen molar-refractivity contribution in [3.63, 3.8) is 0 Å². The van der Waals surface area contributed by atoms with Gasteiger partial charge in [0.15, 0.2) is 0 Å². The number of rotatable bonds is 3. The van der Waals surface area contributed by atoms with Gasteiger partial charge in [-0.2, -0.15) is 0 Å². The van der Waals surface area contributed by atoms with Gasteiger partial charge in [-0.1, -0.05) is 22.0 Å². The highest BCUT2D eigenvalue weighted by Gasteiger charge is 2.19. The highest BCUT2D eigenvalue weighted by Crippen LogP contribution is 2.22. The Kier molecular flexibility index (Phi) is 4.16. The zero-order chi connectivity index (χ0) is 8.10. The summed E-state index contributed by atoms with van der Waals surface area (Å²) < 4.78 is 5.62. The molecule has 0 saturated carbocycles. The molecular formula is C9H15BrO. The molecule has 0 aromatic heterocycles. The van der Waals surface area contributed by atoms with Crippen LogP contribution in [0, 0.1) is 5.92 Å². The highest BCUT2D eigenvalue weighted by molar-refractivity contribution is 9.09. The Morgan fingerprint density at radius 1 is 1.55 bits per heavy atom. The average molecular weight is 219 g/mol. The van der Waals surface area contributed by atoms with Gasteiger partial charge in [0.05, 0.1) is 12.7 Å². The molecule has 1 saturated heterocycles. The molecule has 0 spiro atoms. The Morgan fingerprint density at radius 2 is 2.36 bits per heavy atom. The molecule has 0 aliphatic carbocycles. The van der Waals surface area contributed by atoms with Gasteiger partial charge >= 0.3 is 0 Å². The van der Waals surface area contributed by atoms with E-state index in [-0.39, 0.29) is 0 Å². The number of alkyl halides is 1. The monoisotopic (exact) mass is 218 g/mol. The lowest BCUT2D eigenvalue weighted by Crippen LogP contribution is -2.26. The van der Waals surface area contributed by atoms with E-state index >= 15 is 0 Å². The highest BCUT2D eigenvalue weighted by atomic mass is 79.9. The van der Waals surface area contributed by atoms with Crippen molar-refractivity contribution >= 4 is 15.9 Å². The van der Waals surface area contributed by atoms with E-state index in [1.54, 1.807) is 0 Å². The number of hydrogen-bond donors (Lipinski definition) is 0. The summed E-state index contributed by atoms with van der Waals surface area (Å²) >= 11 is 3.47. The molecular weight excluding hydrogens is 204 g/mol. The van der Waals surface area contributed by atoms with Crippen LogP contribution in [0.4, 0.5) is 0 Å². The molecule has 1 aliphatic rings. The van der Waals surface area contributed by atoms with Crippen LogP contribution in [0.15, 0.2) is 12.7 Å². The molecule has 0 unspecified atom stereocenters. The van der Waals surface area contributed by atoms with E-state index in [0.717, 1.165) is 24.3 Å².